The van der Waals surface area contributed by atoms with Crippen LogP contribution in [0.15, 0.2) is 24.7 Å². The van der Waals surface area contributed by atoms with E-state index in [0.29, 0.717) is 0 Å². The van der Waals surface area contributed by atoms with Crippen molar-refractivity contribution in [3.05, 3.63) is 41.5 Å². The van der Waals surface area contributed by atoms with E-state index >= 15 is 0 Å². The smallest absolute Gasteiger partial charge is 0.230 e. The summed E-state index contributed by atoms with van der Waals surface area (Å²) in [5.74, 6) is 0.264. The van der Waals surface area contributed by atoms with Crippen LogP contribution in [0.2, 0.25) is 0 Å². The van der Waals surface area contributed by atoms with Crippen LogP contribution in [-0.2, 0) is 18.3 Å². The van der Waals surface area contributed by atoms with E-state index in [0.717, 1.165) is 56.7 Å². The molecule has 6 heteroatoms. The number of hydrogen-bond acceptors (Lipinski definition) is 4. The molecule has 4 rings (SSSR count). The molecule has 2 aromatic rings. The second-order valence-electron chi connectivity index (χ2n) is 7.12. The zero-order valence-corrected chi connectivity index (χ0v) is 15.0. The molecule has 2 aliphatic rings. The summed E-state index contributed by atoms with van der Waals surface area (Å²) >= 11 is 0. The van der Waals surface area contributed by atoms with Gasteiger partial charge in [-0.25, -0.2) is 0 Å². The highest BCUT2D eigenvalue weighted by atomic mass is 16.2. The van der Waals surface area contributed by atoms with Gasteiger partial charge >= 0.3 is 0 Å². The predicted molar refractivity (Wildman–Crippen MR) is 96.7 cm³/mol. The Morgan fingerprint density at radius 3 is 2.80 bits per heavy atom. The maximum atomic E-state index is 13.1. The molecule has 2 aromatic heterocycles. The predicted octanol–water partition coefficient (Wildman–Crippen LogP) is 1.89. The Labute approximate surface area is 148 Å². The molecule has 1 saturated heterocycles. The average molecular weight is 339 g/mol. The van der Waals surface area contributed by atoms with Crippen LogP contribution in [0.25, 0.3) is 0 Å². The van der Waals surface area contributed by atoms with E-state index in [9.17, 15) is 4.79 Å². The normalized spacial score (nSPS) is 20.5. The molecule has 1 aliphatic carbocycles. The van der Waals surface area contributed by atoms with E-state index in [4.69, 9.17) is 0 Å². The van der Waals surface area contributed by atoms with Gasteiger partial charge in [0.05, 0.1) is 23.5 Å². The van der Waals surface area contributed by atoms with E-state index in [1.165, 1.54) is 11.3 Å². The first kappa shape index (κ1) is 16.1. The minimum absolute atomic E-state index is 0.0101. The molecule has 1 unspecified atom stereocenters. The van der Waals surface area contributed by atoms with Crippen LogP contribution in [-0.4, -0.2) is 51.8 Å². The van der Waals surface area contributed by atoms with Crippen LogP contribution in [0.1, 0.15) is 35.6 Å². The third-order valence-corrected chi connectivity index (χ3v) is 5.46. The molecule has 0 bridgehead atoms. The quantitative estimate of drug-likeness (QED) is 0.838. The van der Waals surface area contributed by atoms with Gasteiger partial charge in [0.25, 0.3) is 0 Å². The highest BCUT2D eigenvalue weighted by Crippen LogP contribution is 2.32. The first-order valence-electron chi connectivity index (χ1n) is 9.10. The molecule has 3 heterocycles. The van der Waals surface area contributed by atoms with Crippen LogP contribution < -0.4 is 4.90 Å². The first-order chi connectivity index (χ1) is 12.1. The number of amides is 1. The Kier molecular flexibility index (Phi) is 4.19. The molecule has 132 valence electrons. The van der Waals surface area contributed by atoms with Crippen molar-refractivity contribution in [2.24, 2.45) is 7.05 Å². The number of piperazine rings is 1. The van der Waals surface area contributed by atoms with Gasteiger partial charge in [0.2, 0.25) is 5.91 Å². The Hall–Kier alpha value is -2.37. The first-order valence-corrected chi connectivity index (χ1v) is 9.10. The third-order valence-electron chi connectivity index (χ3n) is 5.46. The number of aromatic nitrogens is 3. The SMILES string of the molecule is Cc1ccncc1N1CCN(C(=O)C2CCCc3nn(C)cc32)CC1. The number of anilines is 1. The Morgan fingerprint density at radius 2 is 2.04 bits per heavy atom. The molecule has 1 amide bonds. The fraction of sp³-hybridized carbons (Fsp3) is 0.526. The number of carbonyl (C=O) groups is 1. The van der Waals surface area contributed by atoms with E-state index < -0.39 is 0 Å². The fourth-order valence-electron chi connectivity index (χ4n) is 4.10. The zero-order chi connectivity index (χ0) is 17.4. The second kappa shape index (κ2) is 6.50. The number of carbonyl (C=O) groups excluding carboxylic acids is 1. The lowest BCUT2D eigenvalue weighted by Gasteiger charge is -2.38. The topological polar surface area (TPSA) is 54.3 Å². The van der Waals surface area contributed by atoms with Crippen LogP contribution in [0.3, 0.4) is 0 Å². The highest BCUT2D eigenvalue weighted by Gasteiger charge is 2.33. The molecule has 0 N–H and O–H groups in total. The van der Waals surface area contributed by atoms with Gasteiger partial charge in [-0.05, 0) is 37.8 Å². The summed E-state index contributed by atoms with van der Waals surface area (Å²) in [7, 11) is 1.94. The Balaban J connectivity index is 1.45. The lowest BCUT2D eigenvalue weighted by Crippen LogP contribution is -2.50. The van der Waals surface area contributed by atoms with E-state index in [1.54, 1.807) is 0 Å². The number of aryl methyl sites for hydroxylation is 3. The van der Waals surface area contributed by atoms with Gasteiger partial charge in [-0.3, -0.25) is 14.5 Å². The fourth-order valence-corrected chi connectivity index (χ4v) is 4.10. The molecule has 0 saturated carbocycles. The van der Waals surface area contributed by atoms with Crippen molar-refractivity contribution >= 4 is 11.6 Å². The average Bonchev–Trinajstić information content (AvgIpc) is 3.02. The lowest BCUT2D eigenvalue weighted by molar-refractivity contribution is -0.133. The van der Waals surface area contributed by atoms with Gasteiger partial charge in [-0.15, -0.1) is 0 Å². The van der Waals surface area contributed by atoms with Gasteiger partial charge in [-0.1, -0.05) is 0 Å². The van der Waals surface area contributed by atoms with Crippen LogP contribution >= 0.6 is 0 Å². The summed E-state index contributed by atoms with van der Waals surface area (Å²) in [6.45, 7) is 5.40. The van der Waals surface area contributed by atoms with Gasteiger partial charge in [-0.2, -0.15) is 5.10 Å². The molecule has 25 heavy (non-hydrogen) atoms. The summed E-state index contributed by atoms with van der Waals surface area (Å²) in [5, 5.41) is 4.52. The van der Waals surface area contributed by atoms with Crippen LogP contribution in [0.5, 0.6) is 0 Å². The second-order valence-corrected chi connectivity index (χ2v) is 7.12. The van der Waals surface area contributed by atoms with Gasteiger partial charge < -0.3 is 9.80 Å². The highest BCUT2D eigenvalue weighted by molar-refractivity contribution is 5.84. The molecule has 0 radical (unpaired) electrons. The minimum atomic E-state index is -0.0101. The summed E-state index contributed by atoms with van der Waals surface area (Å²) in [6.07, 6.45) is 8.78. The third kappa shape index (κ3) is 3.01. The van der Waals surface area contributed by atoms with Gasteiger partial charge in [0.15, 0.2) is 0 Å². The Morgan fingerprint density at radius 1 is 1.24 bits per heavy atom. The molecule has 1 aliphatic heterocycles. The maximum Gasteiger partial charge on any atom is 0.230 e. The molecule has 1 atom stereocenters. The summed E-state index contributed by atoms with van der Waals surface area (Å²) in [4.78, 5) is 21.7. The molecular formula is C19H25N5O. The Bertz CT molecular complexity index is 776. The number of nitrogens with zero attached hydrogens (tertiary/aromatic N) is 5. The minimum Gasteiger partial charge on any atom is -0.367 e. The molecule has 0 spiro atoms. The summed E-state index contributed by atoms with van der Waals surface area (Å²) in [5.41, 5.74) is 4.67. The molecule has 6 nitrogen and oxygen atoms in total. The number of fused-ring (bicyclic) bond motifs is 1. The van der Waals surface area contributed by atoms with Gasteiger partial charge in [0, 0.05) is 51.2 Å². The van der Waals surface area contributed by atoms with Crippen molar-refractivity contribution in [1.29, 1.82) is 0 Å². The van der Waals surface area contributed by atoms with E-state index in [2.05, 4.69) is 21.9 Å². The molecule has 0 aromatic carbocycles. The number of rotatable bonds is 2. The lowest BCUT2D eigenvalue weighted by atomic mass is 9.86. The van der Waals surface area contributed by atoms with Crippen molar-refractivity contribution in [2.75, 3.05) is 31.1 Å². The number of pyridine rings is 1. The van der Waals surface area contributed by atoms with Gasteiger partial charge in [0.1, 0.15) is 0 Å². The van der Waals surface area contributed by atoms with E-state index in [-0.39, 0.29) is 11.8 Å². The number of hydrogen-bond donors (Lipinski definition) is 0. The van der Waals surface area contributed by atoms with Crippen molar-refractivity contribution in [3.63, 3.8) is 0 Å². The van der Waals surface area contributed by atoms with Crippen LogP contribution in [0.4, 0.5) is 5.69 Å². The monoisotopic (exact) mass is 339 g/mol. The van der Waals surface area contributed by atoms with Crippen molar-refractivity contribution in [3.8, 4) is 0 Å². The molecule has 1 fully saturated rings. The zero-order valence-electron chi connectivity index (χ0n) is 15.0. The van der Waals surface area contributed by atoms with Crippen molar-refractivity contribution in [2.45, 2.75) is 32.1 Å². The summed E-state index contributed by atoms with van der Waals surface area (Å²) < 4.78 is 1.85. The van der Waals surface area contributed by atoms with Crippen molar-refractivity contribution < 1.29 is 4.79 Å². The largest absolute Gasteiger partial charge is 0.367 e. The van der Waals surface area contributed by atoms with Crippen molar-refractivity contribution in [1.82, 2.24) is 19.7 Å². The summed E-state index contributed by atoms with van der Waals surface area (Å²) in [6, 6.07) is 2.04. The van der Waals surface area contributed by atoms with Crippen LogP contribution in [0, 0.1) is 6.92 Å². The molecular weight excluding hydrogens is 314 g/mol. The maximum absolute atomic E-state index is 13.1. The standard InChI is InChI=1S/C19H25N5O/c1-14-6-7-20-12-18(14)23-8-10-24(11-9-23)19(25)15-4-3-5-17-16(15)13-22(2)21-17/h6-7,12-13,15H,3-5,8-11H2,1-2H3. The van der Waals surface area contributed by atoms with E-state index in [1.807, 2.05) is 41.3 Å².